The molecule has 17 heavy (non-hydrogen) atoms. The Bertz CT molecular complexity index is 529. The van der Waals surface area contributed by atoms with Gasteiger partial charge in [-0.1, -0.05) is 17.7 Å². The highest BCUT2D eigenvalue weighted by molar-refractivity contribution is 9.10. The van der Waals surface area contributed by atoms with Crippen LogP contribution in [-0.4, -0.2) is 21.3 Å². The summed E-state index contributed by atoms with van der Waals surface area (Å²) in [6.45, 7) is -0.135. The molecule has 0 bridgehead atoms. The van der Waals surface area contributed by atoms with Crippen LogP contribution in [0.3, 0.4) is 0 Å². The summed E-state index contributed by atoms with van der Waals surface area (Å²) in [5.41, 5.74) is 7.38. The van der Waals surface area contributed by atoms with Gasteiger partial charge in [-0.25, -0.2) is 4.98 Å². The minimum atomic E-state index is -0.469. The largest absolute Gasteiger partial charge is 0.394 e. The molecule has 90 valence electrons. The molecule has 6 heteroatoms. The van der Waals surface area contributed by atoms with Crippen molar-refractivity contribution in [3.05, 3.63) is 45.9 Å². The van der Waals surface area contributed by atoms with Crippen molar-refractivity contribution in [1.29, 1.82) is 0 Å². The molecule has 0 radical (unpaired) electrons. The zero-order valence-corrected chi connectivity index (χ0v) is 11.2. The highest BCUT2D eigenvalue weighted by Crippen LogP contribution is 2.30. The van der Waals surface area contributed by atoms with Crippen LogP contribution in [0.4, 0.5) is 0 Å². The van der Waals surface area contributed by atoms with Crippen molar-refractivity contribution in [2.75, 3.05) is 6.61 Å². The summed E-state index contributed by atoms with van der Waals surface area (Å²) in [6.07, 6.45) is 3.27. The number of aliphatic hydroxyl groups is 1. The molecule has 0 amide bonds. The molecule has 1 heterocycles. The van der Waals surface area contributed by atoms with E-state index < -0.39 is 6.04 Å². The van der Waals surface area contributed by atoms with Gasteiger partial charge in [-0.3, -0.25) is 0 Å². The van der Waals surface area contributed by atoms with Crippen LogP contribution in [-0.2, 0) is 0 Å². The fraction of sp³-hybridized carbons (Fsp3) is 0.182. The number of nitrogens with two attached hydrogens (primary N) is 1. The van der Waals surface area contributed by atoms with E-state index in [1.807, 2.05) is 12.1 Å². The topological polar surface area (TPSA) is 64.1 Å². The van der Waals surface area contributed by atoms with Gasteiger partial charge in [-0.15, -0.1) is 0 Å². The standard InChI is InChI=1S/C11H11BrClN3O/c12-11-7(13)2-1-3-9(11)16-6-15-4-10(16)8(14)5-17/h1-4,6,8,17H,5,14H2. The normalized spacial score (nSPS) is 12.7. The second-order valence-corrected chi connectivity index (χ2v) is 4.75. The smallest absolute Gasteiger partial charge is 0.0995 e. The van der Waals surface area contributed by atoms with Crippen molar-refractivity contribution in [2.45, 2.75) is 6.04 Å². The Hall–Kier alpha value is -0.880. The van der Waals surface area contributed by atoms with Crippen LogP contribution in [0.2, 0.25) is 5.02 Å². The van der Waals surface area contributed by atoms with Crippen LogP contribution in [0.5, 0.6) is 0 Å². The zero-order valence-electron chi connectivity index (χ0n) is 8.85. The number of aliphatic hydroxyl groups excluding tert-OH is 1. The van der Waals surface area contributed by atoms with E-state index >= 15 is 0 Å². The molecule has 3 N–H and O–H groups in total. The fourth-order valence-corrected chi connectivity index (χ4v) is 2.18. The molecule has 0 spiro atoms. The molecule has 1 unspecified atom stereocenters. The van der Waals surface area contributed by atoms with E-state index in [1.165, 1.54) is 0 Å². The van der Waals surface area contributed by atoms with Crippen molar-refractivity contribution in [3.8, 4) is 5.69 Å². The van der Waals surface area contributed by atoms with Crippen LogP contribution in [0.15, 0.2) is 35.2 Å². The molecule has 0 aliphatic carbocycles. The molecule has 2 rings (SSSR count). The van der Waals surface area contributed by atoms with Gasteiger partial charge in [0.15, 0.2) is 0 Å². The van der Waals surface area contributed by atoms with E-state index in [0.717, 1.165) is 15.9 Å². The lowest BCUT2D eigenvalue weighted by molar-refractivity contribution is 0.265. The molecule has 0 fully saturated rings. The van der Waals surface area contributed by atoms with Gasteiger partial charge in [0.1, 0.15) is 0 Å². The number of benzene rings is 1. The summed E-state index contributed by atoms with van der Waals surface area (Å²) in [5, 5.41) is 9.71. The lowest BCUT2D eigenvalue weighted by Crippen LogP contribution is -2.18. The summed E-state index contributed by atoms with van der Waals surface area (Å²) < 4.78 is 2.57. The highest BCUT2D eigenvalue weighted by Gasteiger charge is 2.14. The Morgan fingerprint density at radius 2 is 2.29 bits per heavy atom. The monoisotopic (exact) mass is 315 g/mol. The summed E-state index contributed by atoms with van der Waals surface area (Å²) in [7, 11) is 0. The van der Waals surface area contributed by atoms with Gasteiger partial charge in [-0.2, -0.15) is 0 Å². The zero-order chi connectivity index (χ0) is 12.4. The van der Waals surface area contributed by atoms with Crippen molar-refractivity contribution in [3.63, 3.8) is 0 Å². The number of halogens is 2. The first kappa shape index (κ1) is 12.6. The number of hydrogen-bond donors (Lipinski definition) is 2. The molecular weight excluding hydrogens is 305 g/mol. The average Bonchev–Trinajstić information content (AvgIpc) is 2.80. The molecule has 1 aromatic carbocycles. The second kappa shape index (κ2) is 5.18. The van der Waals surface area contributed by atoms with E-state index in [4.69, 9.17) is 22.4 Å². The molecule has 0 aliphatic heterocycles. The van der Waals surface area contributed by atoms with Crippen LogP contribution >= 0.6 is 27.5 Å². The SMILES string of the molecule is NC(CO)c1cncn1-c1cccc(Cl)c1Br. The molecular formula is C11H11BrClN3O. The van der Waals surface area contributed by atoms with Crippen LogP contribution in [0.25, 0.3) is 5.69 Å². The van der Waals surface area contributed by atoms with Crippen molar-refractivity contribution in [2.24, 2.45) is 5.73 Å². The first-order valence-corrected chi connectivity index (χ1v) is 6.15. The second-order valence-electron chi connectivity index (χ2n) is 3.55. The van der Waals surface area contributed by atoms with E-state index in [9.17, 15) is 0 Å². The summed E-state index contributed by atoms with van der Waals surface area (Å²) in [5.74, 6) is 0. The highest BCUT2D eigenvalue weighted by atomic mass is 79.9. The average molecular weight is 317 g/mol. The third kappa shape index (κ3) is 2.37. The Kier molecular flexibility index (Phi) is 3.83. The molecule has 0 saturated heterocycles. The van der Waals surface area contributed by atoms with Gasteiger partial charge in [-0.05, 0) is 28.1 Å². The lowest BCUT2D eigenvalue weighted by atomic mass is 10.2. The van der Waals surface area contributed by atoms with E-state index in [1.54, 1.807) is 23.2 Å². The van der Waals surface area contributed by atoms with Gasteiger partial charge < -0.3 is 15.4 Å². The number of nitrogens with zero attached hydrogens (tertiary/aromatic N) is 2. The number of rotatable bonds is 3. The van der Waals surface area contributed by atoms with Gasteiger partial charge in [0.25, 0.3) is 0 Å². The van der Waals surface area contributed by atoms with Crippen LogP contribution in [0, 0.1) is 0 Å². The van der Waals surface area contributed by atoms with Gasteiger partial charge >= 0.3 is 0 Å². The predicted molar refractivity (Wildman–Crippen MR) is 70.3 cm³/mol. The maximum Gasteiger partial charge on any atom is 0.0995 e. The lowest BCUT2D eigenvalue weighted by Gasteiger charge is -2.14. The third-order valence-corrected chi connectivity index (χ3v) is 3.81. The van der Waals surface area contributed by atoms with E-state index in [-0.39, 0.29) is 6.61 Å². The van der Waals surface area contributed by atoms with Crippen LogP contribution in [0.1, 0.15) is 11.7 Å². The van der Waals surface area contributed by atoms with Gasteiger partial charge in [0.05, 0.1) is 46.0 Å². The molecule has 0 aliphatic rings. The number of imidazole rings is 1. The van der Waals surface area contributed by atoms with Gasteiger partial charge in [0.2, 0.25) is 0 Å². The Morgan fingerprint density at radius 3 is 3.00 bits per heavy atom. The molecule has 4 nitrogen and oxygen atoms in total. The third-order valence-electron chi connectivity index (χ3n) is 2.43. The minimum Gasteiger partial charge on any atom is -0.394 e. The van der Waals surface area contributed by atoms with Crippen LogP contribution < -0.4 is 5.73 Å². The maximum atomic E-state index is 9.10. The first-order chi connectivity index (χ1) is 8.15. The van der Waals surface area contributed by atoms with E-state index in [0.29, 0.717) is 5.02 Å². The van der Waals surface area contributed by atoms with Gasteiger partial charge in [0, 0.05) is 0 Å². The molecule has 1 atom stereocenters. The Labute approximate surface area is 112 Å². The summed E-state index contributed by atoms with van der Waals surface area (Å²) in [4.78, 5) is 4.05. The first-order valence-electron chi connectivity index (χ1n) is 4.98. The van der Waals surface area contributed by atoms with E-state index in [2.05, 4.69) is 20.9 Å². The minimum absolute atomic E-state index is 0.135. The number of aromatic nitrogens is 2. The van der Waals surface area contributed by atoms with Crippen molar-refractivity contribution >= 4 is 27.5 Å². The van der Waals surface area contributed by atoms with Crippen molar-refractivity contribution < 1.29 is 5.11 Å². The quantitative estimate of drug-likeness (QED) is 0.913. The molecule has 0 saturated carbocycles. The maximum absolute atomic E-state index is 9.10. The van der Waals surface area contributed by atoms with Crippen molar-refractivity contribution in [1.82, 2.24) is 9.55 Å². The summed E-state index contributed by atoms with van der Waals surface area (Å²) >= 11 is 9.46. The summed E-state index contributed by atoms with van der Waals surface area (Å²) in [6, 6.07) is 5.06. The predicted octanol–water partition coefficient (Wildman–Crippen LogP) is 2.28. The molecule has 1 aromatic heterocycles. The number of hydrogen-bond acceptors (Lipinski definition) is 3. The fourth-order valence-electron chi connectivity index (χ4n) is 1.55. The Balaban J connectivity index is 2.54. The molecule has 2 aromatic rings. The Morgan fingerprint density at radius 1 is 1.53 bits per heavy atom.